The topological polar surface area (TPSA) is 73.0 Å². The van der Waals surface area contributed by atoms with Crippen LogP contribution in [0.15, 0.2) is 24.4 Å². The van der Waals surface area contributed by atoms with Crippen molar-refractivity contribution in [2.45, 2.75) is 20.0 Å². The highest BCUT2D eigenvalue weighted by Gasteiger charge is 2.14. The average molecular weight is 295 g/mol. The lowest BCUT2D eigenvalue weighted by atomic mass is 10.1. The van der Waals surface area contributed by atoms with E-state index in [1.165, 1.54) is 6.07 Å². The van der Waals surface area contributed by atoms with Gasteiger partial charge in [-0.15, -0.1) is 0 Å². The first-order valence-corrected chi connectivity index (χ1v) is 6.48. The number of nitrogens with one attached hydrogen (secondary N) is 1. The Bertz CT molecular complexity index is 639. The van der Waals surface area contributed by atoms with Gasteiger partial charge in [0.15, 0.2) is 0 Å². The van der Waals surface area contributed by atoms with E-state index in [2.05, 4.69) is 10.4 Å². The SMILES string of the molecule is Cc1c(CNCc2ccc(Cl)cc2[N+](=O)[O-])cnn1C. The number of hydrogen-bond acceptors (Lipinski definition) is 4. The van der Waals surface area contributed by atoms with Crippen LogP contribution < -0.4 is 5.32 Å². The Kier molecular flexibility index (Phi) is 4.36. The smallest absolute Gasteiger partial charge is 0.275 e. The predicted octanol–water partition coefficient (Wildman–Crippen LogP) is 2.58. The molecule has 1 heterocycles. The molecule has 0 aliphatic carbocycles. The Labute approximate surface area is 121 Å². The van der Waals surface area contributed by atoms with E-state index in [0.29, 0.717) is 23.7 Å². The largest absolute Gasteiger partial charge is 0.308 e. The van der Waals surface area contributed by atoms with Crippen molar-refractivity contribution >= 4 is 17.3 Å². The highest BCUT2D eigenvalue weighted by atomic mass is 35.5. The van der Waals surface area contributed by atoms with Crippen molar-refractivity contribution in [2.24, 2.45) is 7.05 Å². The number of nitro groups is 1. The molecule has 0 fully saturated rings. The maximum absolute atomic E-state index is 11.0. The van der Waals surface area contributed by atoms with E-state index in [9.17, 15) is 10.1 Å². The van der Waals surface area contributed by atoms with Gasteiger partial charge in [-0.3, -0.25) is 14.8 Å². The van der Waals surface area contributed by atoms with Gasteiger partial charge in [-0.05, 0) is 19.1 Å². The van der Waals surface area contributed by atoms with Gasteiger partial charge in [0.2, 0.25) is 0 Å². The molecule has 0 saturated carbocycles. The van der Waals surface area contributed by atoms with Crippen LogP contribution in [-0.4, -0.2) is 14.7 Å². The molecule has 0 unspecified atom stereocenters. The fraction of sp³-hybridized carbons (Fsp3) is 0.308. The summed E-state index contributed by atoms with van der Waals surface area (Å²) in [6.45, 7) is 3.00. The lowest BCUT2D eigenvalue weighted by molar-refractivity contribution is -0.385. The molecule has 0 amide bonds. The van der Waals surface area contributed by atoms with Crippen LogP contribution in [0.25, 0.3) is 0 Å². The molecule has 1 aromatic carbocycles. The lowest BCUT2D eigenvalue weighted by Crippen LogP contribution is -2.14. The van der Waals surface area contributed by atoms with Gasteiger partial charge in [0, 0.05) is 48.0 Å². The molecule has 7 heteroatoms. The van der Waals surface area contributed by atoms with Gasteiger partial charge in [0.05, 0.1) is 11.1 Å². The molecule has 2 aromatic rings. The summed E-state index contributed by atoms with van der Waals surface area (Å²) in [5, 5.41) is 18.7. The third-order valence-corrected chi connectivity index (χ3v) is 3.45. The van der Waals surface area contributed by atoms with Crippen molar-refractivity contribution in [3.8, 4) is 0 Å². The molecule has 6 nitrogen and oxygen atoms in total. The van der Waals surface area contributed by atoms with Crippen LogP contribution in [0.5, 0.6) is 0 Å². The first kappa shape index (κ1) is 14.5. The molecule has 2 rings (SSSR count). The average Bonchev–Trinajstić information content (AvgIpc) is 2.72. The van der Waals surface area contributed by atoms with Gasteiger partial charge >= 0.3 is 0 Å². The van der Waals surface area contributed by atoms with Gasteiger partial charge in [-0.1, -0.05) is 11.6 Å². The van der Waals surface area contributed by atoms with Crippen LogP contribution in [0.4, 0.5) is 5.69 Å². The fourth-order valence-electron chi connectivity index (χ4n) is 1.91. The van der Waals surface area contributed by atoms with E-state index >= 15 is 0 Å². The molecule has 0 radical (unpaired) electrons. The van der Waals surface area contributed by atoms with Crippen molar-refractivity contribution in [2.75, 3.05) is 0 Å². The Morgan fingerprint density at radius 3 is 2.70 bits per heavy atom. The zero-order valence-electron chi connectivity index (χ0n) is 11.3. The summed E-state index contributed by atoms with van der Waals surface area (Å²) in [5.74, 6) is 0. The number of hydrogen-bond donors (Lipinski definition) is 1. The first-order chi connectivity index (χ1) is 9.49. The highest BCUT2D eigenvalue weighted by molar-refractivity contribution is 6.30. The second-order valence-electron chi connectivity index (χ2n) is 4.51. The summed E-state index contributed by atoms with van der Waals surface area (Å²) in [6, 6.07) is 4.69. The number of nitrogens with zero attached hydrogens (tertiary/aromatic N) is 3. The molecular formula is C13H15ClN4O2. The van der Waals surface area contributed by atoms with E-state index in [1.54, 1.807) is 23.0 Å². The summed E-state index contributed by atoms with van der Waals surface area (Å²) in [6.07, 6.45) is 1.79. The van der Waals surface area contributed by atoms with E-state index < -0.39 is 4.92 Å². The van der Waals surface area contributed by atoms with Crippen molar-refractivity contribution in [1.82, 2.24) is 15.1 Å². The van der Waals surface area contributed by atoms with Crippen LogP contribution in [0, 0.1) is 17.0 Å². The second kappa shape index (κ2) is 6.02. The van der Waals surface area contributed by atoms with Gasteiger partial charge < -0.3 is 5.32 Å². The number of halogens is 1. The number of benzene rings is 1. The normalized spacial score (nSPS) is 10.8. The molecule has 106 valence electrons. The van der Waals surface area contributed by atoms with Gasteiger partial charge in [0.25, 0.3) is 5.69 Å². The quantitative estimate of drug-likeness (QED) is 0.679. The summed E-state index contributed by atoms with van der Waals surface area (Å²) in [7, 11) is 1.88. The van der Waals surface area contributed by atoms with Crippen molar-refractivity contribution in [3.05, 3.63) is 56.4 Å². The zero-order valence-corrected chi connectivity index (χ0v) is 12.0. The lowest BCUT2D eigenvalue weighted by Gasteiger charge is -2.06. The number of nitro benzene ring substituents is 1. The van der Waals surface area contributed by atoms with Crippen molar-refractivity contribution in [3.63, 3.8) is 0 Å². The third kappa shape index (κ3) is 3.15. The van der Waals surface area contributed by atoms with Crippen LogP contribution in [0.1, 0.15) is 16.8 Å². The van der Waals surface area contributed by atoms with Crippen molar-refractivity contribution < 1.29 is 4.92 Å². The zero-order chi connectivity index (χ0) is 14.7. The Balaban J connectivity index is 2.04. The minimum absolute atomic E-state index is 0.0351. The minimum atomic E-state index is -0.418. The molecule has 0 aliphatic rings. The Morgan fingerprint density at radius 2 is 2.10 bits per heavy atom. The van der Waals surface area contributed by atoms with Gasteiger partial charge in [0.1, 0.15) is 0 Å². The highest BCUT2D eigenvalue weighted by Crippen LogP contribution is 2.23. The molecule has 1 N–H and O–H groups in total. The van der Waals surface area contributed by atoms with Crippen molar-refractivity contribution in [1.29, 1.82) is 0 Å². The third-order valence-electron chi connectivity index (χ3n) is 3.21. The maximum atomic E-state index is 11.0. The first-order valence-electron chi connectivity index (χ1n) is 6.10. The van der Waals surface area contributed by atoms with Crippen LogP contribution >= 0.6 is 11.6 Å². The monoisotopic (exact) mass is 294 g/mol. The second-order valence-corrected chi connectivity index (χ2v) is 4.95. The van der Waals surface area contributed by atoms with Crippen LogP contribution in [0.2, 0.25) is 5.02 Å². The van der Waals surface area contributed by atoms with E-state index in [4.69, 9.17) is 11.6 Å². The number of aromatic nitrogens is 2. The van der Waals surface area contributed by atoms with E-state index in [0.717, 1.165) is 11.3 Å². The molecule has 0 bridgehead atoms. The number of aryl methyl sites for hydroxylation is 1. The molecule has 1 aromatic heterocycles. The minimum Gasteiger partial charge on any atom is -0.308 e. The molecule has 0 saturated heterocycles. The Hall–Kier alpha value is -1.92. The van der Waals surface area contributed by atoms with Crippen LogP contribution in [-0.2, 0) is 20.1 Å². The van der Waals surface area contributed by atoms with E-state index in [1.807, 2.05) is 14.0 Å². The predicted molar refractivity (Wildman–Crippen MR) is 76.6 cm³/mol. The van der Waals surface area contributed by atoms with Crippen LogP contribution in [0.3, 0.4) is 0 Å². The summed E-state index contributed by atoms with van der Waals surface area (Å²) in [4.78, 5) is 10.6. The standard InChI is InChI=1S/C13H15ClN4O2/c1-9-11(8-16-17(9)2)7-15-6-10-3-4-12(14)5-13(10)18(19)20/h3-5,8,15H,6-7H2,1-2H3. The summed E-state index contributed by atoms with van der Waals surface area (Å²) < 4.78 is 1.79. The Morgan fingerprint density at radius 1 is 1.40 bits per heavy atom. The summed E-state index contributed by atoms with van der Waals surface area (Å²) in [5.41, 5.74) is 2.79. The fourth-order valence-corrected chi connectivity index (χ4v) is 2.07. The van der Waals surface area contributed by atoms with Gasteiger partial charge in [-0.2, -0.15) is 5.10 Å². The van der Waals surface area contributed by atoms with Gasteiger partial charge in [-0.25, -0.2) is 0 Å². The molecule has 0 spiro atoms. The molecule has 0 aliphatic heterocycles. The molecular weight excluding hydrogens is 280 g/mol. The van der Waals surface area contributed by atoms with E-state index in [-0.39, 0.29) is 5.69 Å². The number of rotatable bonds is 5. The molecule has 0 atom stereocenters. The summed E-state index contributed by atoms with van der Waals surface area (Å²) >= 11 is 5.78. The molecule has 20 heavy (non-hydrogen) atoms. The maximum Gasteiger partial charge on any atom is 0.275 e.